The van der Waals surface area contributed by atoms with Crippen molar-refractivity contribution in [2.75, 3.05) is 13.6 Å². The number of hydrogen-bond acceptors (Lipinski definition) is 1. The van der Waals surface area contributed by atoms with Gasteiger partial charge in [0.25, 0.3) is 0 Å². The summed E-state index contributed by atoms with van der Waals surface area (Å²) < 4.78 is 0. The van der Waals surface area contributed by atoms with Crippen LogP contribution < -0.4 is 0 Å². The average molecular weight is 136 g/mol. The lowest BCUT2D eigenvalue weighted by atomic mass is 10.3. The van der Waals surface area contributed by atoms with Crippen molar-refractivity contribution in [1.29, 1.82) is 0 Å². The maximum absolute atomic E-state index is 5.46. The Labute approximate surface area is 64.1 Å². The highest BCUT2D eigenvalue weighted by Crippen LogP contribution is 1.85. The van der Waals surface area contributed by atoms with Crippen LogP contribution in [0.15, 0.2) is 17.1 Å². The largest absolute Gasteiger partial charge is 0.413 e. The molecule has 2 radical (unpaired) electrons. The molecular weight excluding hydrogens is 123 g/mol. The molecule has 0 saturated heterocycles. The van der Waals surface area contributed by atoms with Gasteiger partial charge in [0, 0.05) is 6.54 Å². The summed E-state index contributed by atoms with van der Waals surface area (Å²) in [6.07, 6.45) is 3.79. The second-order valence-electron chi connectivity index (χ2n) is 1.94. The van der Waals surface area contributed by atoms with Gasteiger partial charge in [-0.25, -0.2) is 0 Å². The van der Waals surface area contributed by atoms with Crippen LogP contribution in [0.1, 0.15) is 13.8 Å². The smallest absolute Gasteiger partial charge is 0.228 e. The SMILES string of the molecule is [B]N(C)C(/C=C\C)=NCC. The molecule has 0 heterocycles. The van der Waals surface area contributed by atoms with Crippen molar-refractivity contribution in [1.82, 2.24) is 4.81 Å². The van der Waals surface area contributed by atoms with Gasteiger partial charge < -0.3 is 4.81 Å². The molecule has 0 aromatic carbocycles. The van der Waals surface area contributed by atoms with E-state index in [1.165, 1.54) is 4.81 Å². The van der Waals surface area contributed by atoms with Gasteiger partial charge >= 0.3 is 0 Å². The number of likely N-dealkylation sites (N-methyl/N-ethyl adjacent to an activating group) is 1. The Morgan fingerprint density at radius 2 is 2.30 bits per heavy atom. The Morgan fingerprint density at radius 1 is 1.70 bits per heavy atom. The van der Waals surface area contributed by atoms with Gasteiger partial charge in [0.1, 0.15) is 5.84 Å². The maximum atomic E-state index is 5.46. The van der Waals surface area contributed by atoms with Crippen molar-refractivity contribution in [2.45, 2.75) is 13.8 Å². The zero-order valence-corrected chi connectivity index (χ0v) is 6.83. The third-order valence-electron chi connectivity index (χ3n) is 0.997. The molecule has 3 heteroatoms. The predicted molar refractivity (Wildman–Crippen MR) is 46.3 cm³/mol. The van der Waals surface area contributed by atoms with E-state index in [2.05, 4.69) is 4.99 Å². The van der Waals surface area contributed by atoms with Crippen molar-refractivity contribution in [3.05, 3.63) is 12.2 Å². The number of allylic oxidation sites excluding steroid dienone is 1. The van der Waals surface area contributed by atoms with E-state index in [0.717, 1.165) is 12.4 Å². The lowest BCUT2D eigenvalue weighted by Crippen LogP contribution is -2.21. The molecule has 0 aliphatic rings. The third kappa shape index (κ3) is 3.33. The van der Waals surface area contributed by atoms with Gasteiger partial charge in [-0.3, -0.25) is 4.99 Å². The summed E-state index contributed by atoms with van der Waals surface area (Å²) >= 11 is 0. The molecule has 0 saturated carbocycles. The van der Waals surface area contributed by atoms with Crippen LogP contribution in [0.5, 0.6) is 0 Å². The molecule has 0 atom stereocenters. The summed E-state index contributed by atoms with van der Waals surface area (Å²) in [6.45, 7) is 4.68. The summed E-state index contributed by atoms with van der Waals surface area (Å²) in [5.41, 5.74) is 0. The van der Waals surface area contributed by atoms with Crippen molar-refractivity contribution < 1.29 is 0 Å². The minimum atomic E-state index is 0.765. The summed E-state index contributed by atoms with van der Waals surface area (Å²) in [5.74, 6) is 0.810. The normalized spacial score (nSPS) is 12.5. The first-order valence-electron chi connectivity index (χ1n) is 3.38. The van der Waals surface area contributed by atoms with Gasteiger partial charge in [0.05, 0.1) is 0 Å². The van der Waals surface area contributed by atoms with E-state index >= 15 is 0 Å². The van der Waals surface area contributed by atoms with Crippen LogP contribution in [-0.2, 0) is 0 Å². The average Bonchev–Trinajstić information content (AvgIpc) is 1.87. The minimum Gasteiger partial charge on any atom is -0.413 e. The van der Waals surface area contributed by atoms with Crippen LogP contribution in [0.2, 0.25) is 0 Å². The van der Waals surface area contributed by atoms with Crippen molar-refractivity contribution in [3.8, 4) is 0 Å². The molecule has 0 aliphatic heterocycles. The summed E-state index contributed by atoms with van der Waals surface area (Å²) in [7, 11) is 7.23. The van der Waals surface area contributed by atoms with E-state index in [0.29, 0.717) is 0 Å². The quantitative estimate of drug-likeness (QED) is 0.314. The lowest BCUT2D eigenvalue weighted by molar-refractivity contribution is 0.812. The topological polar surface area (TPSA) is 15.6 Å². The Hall–Kier alpha value is -0.725. The van der Waals surface area contributed by atoms with Crippen LogP contribution in [-0.4, -0.2) is 32.2 Å². The first kappa shape index (κ1) is 9.27. The maximum Gasteiger partial charge on any atom is 0.228 e. The van der Waals surface area contributed by atoms with Crippen molar-refractivity contribution in [3.63, 3.8) is 0 Å². The molecule has 0 aromatic heterocycles. The number of nitrogens with zero attached hydrogens (tertiary/aromatic N) is 2. The molecule has 0 aromatic rings. The van der Waals surface area contributed by atoms with Crippen LogP contribution in [0.4, 0.5) is 0 Å². The molecule has 54 valence electrons. The van der Waals surface area contributed by atoms with Gasteiger partial charge in [-0.05, 0) is 27.0 Å². The van der Waals surface area contributed by atoms with Crippen LogP contribution in [0.25, 0.3) is 0 Å². The molecular formula is C7H13BN2. The van der Waals surface area contributed by atoms with E-state index in [1.807, 2.05) is 26.0 Å². The lowest BCUT2D eigenvalue weighted by Gasteiger charge is -2.11. The van der Waals surface area contributed by atoms with Crippen molar-refractivity contribution >= 4 is 13.8 Å². The van der Waals surface area contributed by atoms with Crippen LogP contribution >= 0.6 is 0 Å². The monoisotopic (exact) mass is 136 g/mol. The highest BCUT2D eigenvalue weighted by Gasteiger charge is 1.91. The van der Waals surface area contributed by atoms with Crippen LogP contribution in [0.3, 0.4) is 0 Å². The number of hydrogen-bond donors (Lipinski definition) is 0. The summed E-state index contributed by atoms with van der Waals surface area (Å²) in [5, 5.41) is 0. The molecule has 0 spiro atoms. The van der Waals surface area contributed by atoms with E-state index in [4.69, 9.17) is 7.98 Å². The molecule has 10 heavy (non-hydrogen) atoms. The highest BCUT2D eigenvalue weighted by atomic mass is 15.1. The molecule has 0 N–H and O–H groups in total. The number of aliphatic imine (C=N–C) groups is 1. The minimum absolute atomic E-state index is 0.765. The second-order valence-corrected chi connectivity index (χ2v) is 1.94. The van der Waals surface area contributed by atoms with Gasteiger partial charge in [0.15, 0.2) is 0 Å². The molecule has 2 nitrogen and oxygen atoms in total. The van der Waals surface area contributed by atoms with Crippen LogP contribution in [0, 0.1) is 0 Å². The zero-order valence-electron chi connectivity index (χ0n) is 6.83. The molecule has 0 unspecified atom stereocenters. The van der Waals surface area contributed by atoms with E-state index < -0.39 is 0 Å². The number of rotatable bonds is 2. The van der Waals surface area contributed by atoms with Gasteiger partial charge in [-0.2, -0.15) is 0 Å². The van der Waals surface area contributed by atoms with Crippen molar-refractivity contribution in [2.24, 2.45) is 4.99 Å². The first-order valence-corrected chi connectivity index (χ1v) is 3.38. The van der Waals surface area contributed by atoms with Gasteiger partial charge in [0.2, 0.25) is 7.98 Å². The molecule has 0 aliphatic carbocycles. The zero-order chi connectivity index (χ0) is 7.98. The fourth-order valence-electron chi connectivity index (χ4n) is 0.593. The second kappa shape index (κ2) is 5.09. The van der Waals surface area contributed by atoms with Gasteiger partial charge in [-0.1, -0.05) is 6.08 Å². The number of amidine groups is 1. The van der Waals surface area contributed by atoms with E-state index in [1.54, 1.807) is 7.05 Å². The Morgan fingerprint density at radius 3 is 2.60 bits per heavy atom. The van der Waals surface area contributed by atoms with E-state index in [-0.39, 0.29) is 0 Å². The fourth-order valence-corrected chi connectivity index (χ4v) is 0.593. The third-order valence-corrected chi connectivity index (χ3v) is 0.997. The summed E-state index contributed by atoms with van der Waals surface area (Å²) in [6, 6.07) is 0. The molecule has 0 rings (SSSR count). The fraction of sp³-hybridized carbons (Fsp3) is 0.571. The van der Waals surface area contributed by atoms with Gasteiger partial charge in [-0.15, -0.1) is 0 Å². The molecule has 0 fully saturated rings. The Bertz CT molecular complexity index is 139. The highest BCUT2D eigenvalue weighted by molar-refractivity contribution is 6.17. The first-order chi connectivity index (χ1) is 4.72. The van der Waals surface area contributed by atoms with E-state index in [9.17, 15) is 0 Å². The molecule has 0 amide bonds. The predicted octanol–water partition coefficient (Wildman–Crippen LogP) is 0.996. The standard InChI is InChI=1S/C7H13BN2/c1-4-6-7(9-5-2)10(3)8/h4,6H,5H2,1-3H3/b6-4-,9-7?. The Kier molecular flexibility index (Phi) is 4.72. The Balaban J connectivity index is 4.11. The molecule has 0 bridgehead atoms. The summed E-state index contributed by atoms with van der Waals surface area (Å²) in [4.78, 5) is 5.65.